The molecule has 1 rings (SSSR count). The van der Waals surface area contributed by atoms with Crippen LogP contribution < -0.4 is 0 Å². The monoisotopic (exact) mass is 170 g/mol. The van der Waals surface area contributed by atoms with E-state index in [0.717, 1.165) is 6.42 Å². The summed E-state index contributed by atoms with van der Waals surface area (Å²) >= 11 is 0. The highest BCUT2D eigenvalue weighted by molar-refractivity contribution is 4.70. The van der Waals surface area contributed by atoms with Crippen LogP contribution in [0, 0.1) is 0 Å². The minimum atomic E-state index is 0.00614. The summed E-state index contributed by atoms with van der Waals surface area (Å²) in [6, 6.07) is 0. The first-order chi connectivity index (χ1) is 5.93. The Hall–Kier alpha value is -0.660. The molecule has 0 aromatic heterocycles. The zero-order valence-electron chi connectivity index (χ0n) is 7.79. The molecule has 0 fully saturated rings. The predicted octanol–water partition coefficient (Wildman–Crippen LogP) is 3.19. The molecule has 0 radical (unpaired) electrons. The van der Waals surface area contributed by atoms with Crippen LogP contribution in [0.3, 0.4) is 0 Å². The Bertz CT molecular complexity index is 124. The fraction of sp³-hybridized carbons (Fsp3) is 0.800. The Morgan fingerprint density at radius 3 is 2.33 bits per heavy atom. The average Bonchev–Trinajstić information content (AvgIpc) is 2.57. The molecular weight excluding hydrogens is 152 g/mol. The molecule has 0 spiro atoms. The fourth-order valence-electron chi connectivity index (χ4n) is 1.32. The largest absolute Gasteiger partial charge is 0.459 e. The Labute approximate surface area is 74.6 Å². The van der Waals surface area contributed by atoms with Crippen LogP contribution in [-0.4, -0.2) is 6.29 Å². The van der Waals surface area contributed by atoms with Gasteiger partial charge in [0.05, 0.1) is 0 Å². The molecule has 0 bridgehead atoms. The third kappa shape index (κ3) is 3.65. The second kappa shape index (κ2) is 5.92. The van der Waals surface area contributed by atoms with E-state index < -0.39 is 0 Å². The molecule has 2 nitrogen and oxygen atoms in total. The maximum Gasteiger partial charge on any atom is 0.239 e. The fourth-order valence-corrected chi connectivity index (χ4v) is 1.32. The summed E-state index contributed by atoms with van der Waals surface area (Å²) in [5.74, 6) is 0. The molecule has 12 heavy (non-hydrogen) atoms. The summed E-state index contributed by atoms with van der Waals surface area (Å²) < 4.78 is 10.3. The zero-order chi connectivity index (χ0) is 8.65. The van der Waals surface area contributed by atoms with Crippen LogP contribution in [0.1, 0.15) is 45.4 Å². The lowest BCUT2D eigenvalue weighted by atomic mass is 10.1. The van der Waals surface area contributed by atoms with Crippen LogP contribution in [-0.2, 0) is 9.47 Å². The summed E-state index contributed by atoms with van der Waals surface area (Å²) in [4.78, 5) is 0. The van der Waals surface area contributed by atoms with Crippen molar-refractivity contribution in [2.24, 2.45) is 0 Å². The van der Waals surface area contributed by atoms with Crippen molar-refractivity contribution in [2.75, 3.05) is 0 Å². The van der Waals surface area contributed by atoms with Gasteiger partial charge < -0.3 is 9.47 Å². The van der Waals surface area contributed by atoms with Crippen LogP contribution in [0.5, 0.6) is 0 Å². The maximum atomic E-state index is 5.16. The summed E-state index contributed by atoms with van der Waals surface area (Å²) in [6.45, 7) is 2.23. The van der Waals surface area contributed by atoms with E-state index in [1.165, 1.54) is 32.1 Å². The first-order valence-electron chi connectivity index (χ1n) is 4.89. The number of rotatable bonds is 6. The van der Waals surface area contributed by atoms with E-state index in [0.29, 0.717) is 0 Å². The molecule has 0 aliphatic carbocycles. The number of unbranched alkanes of at least 4 members (excludes halogenated alkanes) is 4. The van der Waals surface area contributed by atoms with Crippen LogP contribution in [0.4, 0.5) is 0 Å². The van der Waals surface area contributed by atoms with E-state index in [-0.39, 0.29) is 6.29 Å². The highest BCUT2D eigenvalue weighted by atomic mass is 16.7. The van der Waals surface area contributed by atoms with Crippen LogP contribution >= 0.6 is 0 Å². The van der Waals surface area contributed by atoms with Crippen molar-refractivity contribution >= 4 is 0 Å². The Morgan fingerprint density at radius 2 is 1.67 bits per heavy atom. The quantitative estimate of drug-likeness (QED) is 0.570. The molecule has 2 heteroatoms. The van der Waals surface area contributed by atoms with Gasteiger partial charge in [-0.2, -0.15) is 0 Å². The van der Waals surface area contributed by atoms with Gasteiger partial charge in [0, 0.05) is 6.42 Å². The van der Waals surface area contributed by atoms with Gasteiger partial charge in [-0.15, -0.1) is 0 Å². The SMILES string of the molecule is CCCCCCCC1OC=CO1. The van der Waals surface area contributed by atoms with Gasteiger partial charge in [-0.25, -0.2) is 0 Å². The second-order valence-electron chi connectivity index (χ2n) is 3.18. The zero-order valence-corrected chi connectivity index (χ0v) is 7.79. The van der Waals surface area contributed by atoms with Crippen LogP contribution in [0.15, 0.2) is 12.5 Å². The van der Waals surface area contributed by atoms with Crippen molar-refractivity contribution in [3.63, 3.8) is 0 Å². The van der Waals surface area contributed by atoms with Crippen molar-refractivity contribution in [1.82, 2.24) is 0 Å². The molecule has 0 aromatic rings. The number of hydrogen-bond donors (Lipinski definition) is 0. The predicted molar refractivity (Wildman–Crippen MR) is 48.5 cm³/mol. The molecule has 0 unspecified atom stereocenters. The van der Waals surface area contributed by atoms with Crippen molar-refractivity contribution in [2.45, 2.75) is 51.7 Å². The average molecular weight is 170 g/mol. The van der Waals surface area contributed by atoms with Crippen molar-refractivity contribution in [3.05, 3.63) is 12.5 Å². The van der Waals surface area contributed by atoms with Gasteiger partial charge >= 0.3 is 0 Å². The molecule has 1 heterocycles. The lowest BCUT2D eigenvalue weighted by Crippen LogP contribution is -2.06. The van der Waals surface area contributed by atoms with E-state index in [2.05, 4.69) is 6.92 Å². The molecule has 70 valence electrons. The third-order valence-electron chi connectivity index (χ3n) is 2.06. The molecule has 0 saturated carbocycles. The summed E-state index contributed by atoms with van der Waals surface area (Å²) in [5.41, 5.74) is 0. The maximum absolute atomic E-state index is 5.16. The van der Waals surface area contributed by atoms with Crippen LogP contribution in [0.2, 0.25) is 0 Å². The normalized spacial score (nSPS) is 16.1. The summed E-state index contributed by atoms with van der Waals surface area (Å²) in [6.07, 6.45) is 10.8. The molecule has 0 aromatic carbocycles. The highest BCUT2D eigenvalue weighted by Gasteiger charge is 2.10. The van der Waals surface area contributed by atoms with E-state index in [4.69, 9.17) is 9.47 Å². The first kappa shape index (κ1) is 9.43. The van der Waals surface area contributed by atoms with Crippen molar-refractivity contribution in [1.29, 1.82) is 0 Å². The minimum absolute atomic E-state index is 0.00614. The van der Waals surface area contributed by atoms with Gasteiger partial charge in [0.25, 0.3) is 0 Å². The second-order valence-corrected chi connectivity index (χ2v) is 3.18. The van der Waals surface area contributed by atoms with Crippen LogP contribution in [0.25, 0.3) is 0 Å². The van der Waals surface area contributed by atoms with E-state index >= 15 is 0 Å². The molecule has 0 amide bonds. The van der Waals surface area contributed by atoms with E-state index in [9.17, 15) is 0 Å². The Morgan fingerprint density at radius 1 is 1.00 bits per heavy atom. The topological polar surface area (TPSA) is 18.5 Å². The molecule has 1 aliphatic heterocycles. The van der Waals surface area contributed by atoms with Gasteiger partial charge in [0.2, 0.25) is 6.29 Å². The highest BCUT2D eigenvalue weighted by Crippen LogP contribution is 2.14. The number of ether oxygens (including phenoxy) is 2. The smallest absolute Gasteiger partial charge is 0.239 e. The molecule has 1 aliphatic rings. The summed E-state index contributed by atoms with van der Waals surface area (Å²) in [7, 11) is 0. The number of hydrogen-bond acceptors (Lipinski definition) is 2. The van der Waals surface area contributed by atoms with Crippen molar-refractivity contribution < 1.29 is 9.47 Å². The molecule has 0 N–H and O–H groups in total. The summed E-state index contributed by atoms with van der Waals surface area (Å²) in [5, 5.41) is 0. The van der Waals surface area contributed by atoms with Crippen molar-refractivity contribution in [3.8, 4) is 0 Å². The Kier molecular flexibility index (Phi) is 4.65. The van der Waals surface area contributed by atoms with Gasteiger partial charge in [0.1, 0.15) is 12.5 Å². The van der Waals surface area contributed by atoms with E-state index in [1.54, 1.807) is 12.5 Å². The minimum Gasteiger partial charge on any atom is -0.459 e. The standard InChI is InChI=1S/C10H18O2/c1-2-3-4-5-6-7-10-11-8-9-12-10/h8-10H,2-7H2,1H3. The molecule has 0 saturated heterocycles. The van der Waals surface area contributed by atoms with Gasteiger partial charge in [0.15, 0.2) is 0 Å². The lowest BCUT2D eigenvalue weighted by molar-refractivity contribution is -0.0294. The van der Waals surface area contributed by atoms with Gasteiger partial charge in [-0.05, 0) is 6.42 Å². The third-order valence-corrected chi connectivity index (χ3v) is 2.06. The molecule has 0 atom stereocenters. The Balaban J connectivity index is 1.82. The van der Waals surface area contributed by atoms with E-state index in [1.807, 2.05) is 0 Å². The van der Waals surface area contributed by atoms with Gasteiger partial charge in [-0.1, -0.05) is 32.6 Å². The first-order valence-corrected chi connectivity index (χ1v) is 4.89. The lowest BCUT2D eigenvalue weighted by Gasteiger charge is -2.08. The molecular formula is C10H18O2. The van der Waals surface area contributed by atoms with Gasteiger partial charge in [-0.3, -0.25) is 0 Å².